The van der Waals surface area contributed by atoms with Crippen LogP contribution in [-0.4, -0.2) is 61.4 Å². The van der Waals surface area contributed by atoms with E-state index in [1.54, 1.807) is 24.6 Å². The molecule has 2 aromatic rings. The Morgan fingerprint density at radius 1 is 1.27 bits per heavy atom. The molecule has 30 heavy (non-hydrogen) atoms. The molecule has 2 aliphatic heterocycles. The lowest BCUT2D eigenvalue weighted by Crippen LogP contribution is -2.44. The minimum atomic E-state index is 0.191. The quantitative estimate of drug-likeness (QED) is 0.523. The van der Waals surface area contributed by atoms with Crippen molar-refractivity contribution in [3.63, 3.8) is 0 Å². The molecular formula is C22H31N5O2S. The third-order valence-corrected chi connectivity index (χ3v) is 6.95. The Bertz CT molecular complexity index is 842. The van der Waals surface area contributed by atoms with E-state index in [0.717, 1.165) is 44.3 Å². The first-order valence-electron chi connectivity index (χ1n) is 10.8. The highest BCUT2D eigenvalue weighted by Crippen LogP contribution is 2.25. The number of rotatable bonds is 7. The summed E-state index contributed by atoms with van der Waals surface area (Å²) in [5.74, 6) is 1.89. The van der Waals surface area contributed by atoms with Gasteiger partial charge in [-0.2, -0.15) is 0 Å². The maximum absolute atomic E-state index is 12.6. The maximum atomic E-state index is 12.6. The minimum absolute atomic E-state index is 0.191. The summed E-state index contributed by atoms with van der Waals surface area (Å²) in [6.45, 7) is 5.03. The SMILES string of the molecule is CN=C(NCCC(=O)N1CCc2sccc2C1)NCC(c1ccco1)N1CCCC1. The van der Waals surface area contributed by atoms with Crippen molar-refractivity contribution in [1.82, 2.24) is 20.4 Å². The van der Waals surface area contributed by atoms with Crippen molar-refractivity contribution in [3.05, 3.63) is 46.0 Å². The summed E-state index contributed by atoms with van der Waals surface area (Å²) >= 11 is 1.80. The monoisotopic (exact) mass is 429 g/mol. The van der Waals surface area contributed by atoms with Crippen LogP contribution in [0.5, 0.6) is 0 Å². The fourth-order valence-corrected chi connectivity index (χ4v) is 5.15. The number of thiophene rings is 1. The largest absolute Gasteiger partial charge is 0.468 e. The molecule has 0 aromatic carbocycles. The predicted molar refractivity (Wildman–Crippen MR) is 120 cm³/mol. The molecular weight excluding hydrogens is 398 g/mol. The average Bonchev–Trinajstić information content (AvgIpc) is 3.54. The Kier molecular flexibility index (Phi) is 7.07. The van der Waals surface area contributed by atoms with Gasteiger partial charge in [-0.05, 0) is 61.5 Å². The van der Waals surface area contributed by atoms with Gasteiger partial charge in [-0.25, -0.2) is 0 Å². The third kappa shape index (κ3) is 5.05. The molecule has 162 valence electrons. The van der Waals surface area contributed by atoms with Crippen LogP contribution in [0.15, 0.2) is 39.3 Å². The van der Waals surface area contributed by atoms with Crippen LogP contribution in [0.2, 0.25) is 0 Å². The van der Waals surface area contributed by atoms with Crippen molar-refractivity contribution in [3.8, 4) is 0 Å². The highest BCUT2D eigenvalue weighted by atomic mass is 32.1. The van der Waals surface area contributed by atoms with E-state index in [2.05, 4.69) is 32.0 Å². The molecule has 7 nitrogen and oxygen atoms in total. The molecule has 2 aromatic heterocycles. The lowest BCUT2D eigenvalue weighted by Gasteiger charge is -2.28. The van der Waals surface area contributed by atoms with E-state index in [9.17, 15) is 4.79 Å². The van der Waals surface area contributed by atoms with Gasteiger partial charge in [0.05, 0.1) is 12.3 Å². The Hall–Kier alpha value is -2.32. The first-order valence-corrected chi connectivity index (χ1v) is 11.7. The van der Waals surface area contributed by atoms with Gasteiger partial charge in [0, 0.05) is 44.5 Å². The van der Waals surface area contributed by atoms with E-state index in [4.69, 9.17) is 4.42 Å². The average molecular weight is 430 g/mol. The lowest BCUT2D eigenvalue weighted by atomic mass is 10.1. The Morgan fingerprint density at radius 2 is 2.13 bits per heavy atom. The first-order chi connectivity index (χ1) is 14.7. The van der Waals surface area contributed by atoms with E-state index in [1.165, 1.54) is 23.3 Å². The normalized spacial score (nSPS) is 18.3. The summed E-state index contributed by atoms with van der Waals surface area (Å²) in [6, 6.07) is 6.31. The summed E-state index contributed by atoms with van der Waals surface area (Å²) in [5.41, 5.74) is 1.30. The highest BCUT2D eigenvalue weighted by Gasteiger charge is 2.26. The molecule has 8 heteroatoms. The molecule has 1 atom stereocenters. The molecule has 1 unspecified atom stereocenters. The Balaban J connectivity index is 1.23. The smallest absolute Gasteiger partial charge is 0.224 e. The summed E-state index contributed by atoms with van der Waals surface area (Å²) in [6.07, 6.45) is 5.63. The molecule has 0 radical (unpaired) electrons. The van der Waals surface area contributed by atoms with Gasteiger partial charge < -0.3 is 20.0 Å². The van der Waals surface area contributed by atoms with Crippen molar-refractivity contribution in [2.45, 2.75) is 38.3 Å². The second-order valence-electron chi connectivity index (χ2n) is 7.84. The lowest BCUT2D eigenvalue weighted by molar-refractivity contribution is -0.131. The molecule has 0 spiro atoms. The van der Waals surface area contributed by atoms with Crippen LogP contribution >= 0.6 is 11.3 Å². The van der Waals surface area contributed by atoms with Gasteiger partial charge in [-0.1, -0.05) is 0 Å². The maximum Gasteiger partial charge on any atom is 0.224 e. The third-order valence-electron chi connectivity index (χ3n) is 5.93. The molecule has 2 aliphatic rings. The molecule has 4 heterocycles. The number of aliphatic imine (C=N–C) groups is 1. The van der Waals surface area contributed by atoms with Crippen molar-refractivity contribution >= 4 is 23.2 Å². The van der Waals surface area contributed by atoms with Crippen molar-refractivity contribution in [2.75, 3.05) is 39.8 Å². The second kappa shape index (κ2) is 10.1. The zero-order valence-electron chi connectivity index (χ0n) is 17.6. The molecule has 0 aliphatic carbocycles. The van der Waals surface area contributed by atoms with Crippen LogP contribution in [0.1, 0.15) is 41.5 Å². The van der Waals surface area contributed by atoms with Crippen LogP contribution in [0.3, 0.4) is 0 Å². The van der Waals surface area contributed by atoms with E-state index in [0.29, 0.717) is 19.5 Å². The zero-order chi connectivity index (χ0) is 20.8. The minimum Gasteiger partial charge on any atom is -0.468 e. The molecule has 0 saturated carbocycles. The number of fused-ring (bicyclic) bond motifs is 1. The summed E-state index contributed by atoms with van der Waals surface area (Å²) in [7, 11) is 1.76. The topological polar surface area (TPSA) is 73.1 Å². The second-order valence-corrected chi connectivity index (χ2v) is 8.84. The van der Waals surface area contributed by atoms with Crippen molar-refractivity contribution in [1.29, 1.82) is 0 Å². The number of guanidine groups is 1. The molecule has 0 bridgehead atoms. The van der Waals surface area contributed by atoms with E-state index >= 15 is 0 Å². The van der Waals surface area contributed by atoms with Gasteiger partial charge in [-0.15, -0.1) is 11.3 Å². The number of carbonyl (C=O) groups is 1. The number of furan rings is 1. The predicted octanol–water partition coefficient (Wildman–Crippen LogP) is 2.62. The highest BCUT2D eigenvalue weighted by molar-refractivity contribution is 7.10. The summed E-state index contributed by atoms with van der Waals surface area (Å²) in [5, 5.41) is 8.82. The van der Waals surface area contributed by atoms with E-state index in [1.807, 2.05) is 17.0 Å². The van der Waals surface area contributed by atoms with Gasteiger partial charge >= 0.3 is 0 Å². The Labute approximate surface area is 182 Å². The standard InChI is InChI=1S/C22H31N5O2S/c1-23-22(25-15-18(19-5-4-13-29-19)26-10-2-3-11-26)24-9-6-21(28)27-12-7-20-17(16-27)8-14-30-20/h4-5,8,13-14,18H,2-3,6-7,9-12,15-16H2,1H3,(H2,23,24,25). The van der Waals surface area contributed by atoms with Crippen LogP contribution < -0.4 is 10.6 Å². The van der Waals surface area contributed by atoms with Gasteiger partial charge in [0.2, 0.25) is 5.91 Å². The number of amides is 1. The fraction of sp³-hybridized carbons (Fsp3) is 0.545. The van der Waals surface area contributed by atoms with Crippen LogP contribution in [0.4, 0.5) is 0 Å². The molecule has 1 amide bonds. The van der Waals surface area contributed by atoms with Crippen LogP contribution in [-0.2, 0) is 17.8 Å². The number of likely N-dealkylation sites (tertiary alicyclic amines) is 1. The Morgan fingerprint density at radius 3 is 2.90 bits per heavy atom. The van der Waals surface area contributed by atoms with Gasteiger partial charge in [-0.3, -0.25) is 14.7 Å². The molecule has 2 N–H and O–H groups in total. The van der Waals surface area contributed by atoms with Gasteiger partial charge in [0.25, 0.3) is 0 Å². The number of hydrogen-bond acceptors (Lipinski definition) is 5. The van der Waals surface area contributed by atoms with E-state index < -0.39 is 0 Å². The molecule has 1 saturated heterocycles. The first kappa shape index (κ1) is 20.9. The van der Waals surface area contributed by atoms with Crippen molar-refractivity contribution in [2.24, 2.45) is 4.99 Å². The molecule has 4 rings (SSSR count). The summed E-state index contributed by atoms with van der Waals surface area (Å²) < 4.78 is 5.68. The van der Waals surface area contributed by atoms with Crippen LogP contribution in [0.25, 0.3) is 0 Å². The number of carbonyl (C=O) groups excluding carboxylic acids is 1. The van der Waals surface area contributed by atoms with E-state index in [-0.39, 0.29) is 11.9 Å². The molecule has 1 fully saturated rings. The summed E-state index contributed by atoms with van der Waals surface area (Å²) in [4.78, 5) is 22.8. The van der Waals surface area contributed by atoms with Gasteiger partial charge in [0.15, 0.2) is 5.96 Å². The number of nitrogens with zero attached hydrogens (tertiary/aromatic N) is 3. The van der Waals surface area contributed by atoms with Gasteiger partial charge in [0.1, 0.15) is 5.76 Å². The fourth-order valence-electron chi connectivity index (χ4n) is 4.27. The van der Waals surface area contributed by atoms with Crippen molar-refractivity contribution < 1.29 is 9.21 Å². The zero-order valence-corrected chi connectivity index (χ0v) is 18.4. The number of nitrogens with one attached hydrogen (secondary N) is 2. The number of hydrogen-bond donors (Lipinski definition) is 2. The van der Waals surface area contributed by atoms with Crippen LogP contribution in [0, 0.1) is 0 Å².